The molecule has 5 heteroatoms. The Hall–Kier alpha value is -1.78. The molecule has 2 rings (SSSR count). The highest BCUT2D eigenvalue weighted by atomic mass is 15.2. The monoisotopic (exact) mass is 191 g/mol. The van der Waals surface area contributed by atoms with E-state index < -0.39 is 0 Å². The fourth-order valence-electron chi connectivity index (χ4n) is 1.54. The van der Waals surface area contributed by atoms with Gasteiger partial charge in [-0.1, -0.05) is 6.92 Å². The van der Waals surface area contributed by atoms with E-state index in [1.54, 1.807) is 6.20 Å². The van der Waals surface area contributed by atoms with Gasteiger partial charge in [0.25, 0.3) is 0 Å². The molecule has 2 aromatic rings. The molecular formula is C9H13N5. The molecule has 0 fully saturated rings. The van der Waals surface area contributed by atoms with E-state index in [-0.39, 0.29) is 0 Å². The van der Waals surface area contributed by atoms with Gasteiger partial charge in [-0.05, 0) is 18.9 Å². The van der Waals surface area contributed by atoms with Crippen LogP contribution in [0, 0.1) is 6.92 Å². The zero-order valence-corrected chi connectivity index (χ0v) is 8.26. The van der Waals surface area contributed by atoms with Gasteiger partial charge in [0, 0.05) is 5.56 Å². The molecule has 0 aromatic carbocycles. The van der Waals surface area contributed by atoms with E-state index >= 15 is 0 Å². The second-order valence-electron chi connectivity index (χ2n) is 3.24. The molecule has 0 aliphatic heterocycles. The molecule has 4 N–H and O–H groups in total. The van der Waals surface area contributed by atoms with Gasteiger partial charge in [0.15, 0.2) is 0 Å². The van der Waals surface area contributed by atoms with E-state index in [0.29, 0.717) is 5.82 Å². The van der Waals surface area contributed by atoms with Crippen molar-refractivity contribution in [2.75, 3.05) is 5.73 Å². The van der Waals surface area contributed by atoms with E-state index in [1.165, 1.54) is 0 Å². The number of anilines is 1. The lowest BCUT2D eigenvalue weighted by Crippen LogP contribution is -1.91. The fourth-order valence-corrected chi connectivity index (χ4v) is 1.54. The second-order valence-corrected chi connectivity index (χ2v) is 3.24. The molecular weight excluding hydrogens is 178 g/mol. The SMILES string of the molecule is CCc1c(N)n[nH]c1-c1[nH]ncc1C. The minimum absolute atomic E-state index is 0.566. The highest BCUT2D eigenvalue weighted by molar-refractivity contribution is 5.66. The summed E-state index contributed by atoms with van der Waals surface area (Å²) in [6.07, 6.45) is 2.64. The van der Waals surface area contributed by atoms with Crippen molar-refractivity contribution in [2.45, 2.75) is 20.3 Å². The molecule has 0 spiro atoms. The molecule has 0 aliphatic carbocycles. The molecule has 2 heterocycles. The van der Waals surface area contributed by atoms with Crippen molar-refractivity contribution < 1.29 is 0 Å². The average Bonchev–Trinajstić information content (AvgIpc) is 2.71. The Morgan fingerprint density at radius 2 is 2.14 bits per heavy atom. The molecule has 0 saturated carbocycles. The minimum atomic E-state index is 0.566. The number of aryl methyl sites for hydroxylation is 1. The molecule has 0 bridgehead atoms. The van der Waals surface area contributed by atoms with Crippen LogP contribution in [0.5, 0.6) is 0 Å². The summed E-state index contributed by atoms with van der Waals surface area (Å²) in [5.74, 6) is 0.566. The van der Waals surface area contributed by atoms with Crippen molar-refractivity contribution in [1.29, 1.82) is 0 Å². The van der Waals surface area contributed by atoms with Crippen molar-refractivity contribution in [3.8, 4) is 11.4 Å². The van der Waals surface area contributed by atoms with Crippen LogP contribution in [-0.4, -0.2) is 20.4 Å². The van der Waals surface area contributed by atoms with Gasteiger partial charge in [-0.2, -0.15) is 10.2 Å². The summed E-state index contributed by atoms with van der Waals surface area (Å²) in [4.78, 5) is 0. The molecule has 2 aromatic heterocycles. The van der Waals surface area contributed by atoms with Gasteiger partial charge in [-0.25, -0.2) is 0 Å². The predicted molar refractivity (Wildman–Crippen MR) is 54.7 cm³/mol. The lowest BCUT2D eigenvalue weighted by molar-refractivity contribution is 1.06. The van der Waals surface area contributed by atoms with E-state index in [1.807, 2.05) is 6.92 Å². The highest BCUT2D eigenvalue weighted by Gasteiger charge is 2.13. The Labute approximate surface area is 81.7 Å². The fraction of sp³-hybridized carbons (Fsp3) is 0.333. The van der Waals surface area contributed by atoms with Crippen LogP contribution in [-0.2, 0) is 6.42 Å². The van der Waals surface area contributed by atoms with Gasteiger partial charge in [0.2, 0.25) is 0 Å². The van der Waals surface area contributed by atoms with Gasteiger partial charge < -0.3 is 5.73 Å². The summed E-state index contributed by atoms with van der Waals surface area (Å²) in [5.41, 5.74) is 9.77. The summed E-state index contributed by atoms with van der Waals surface area (Å²) < 4.78 is 0. The van der Waals surface area contributed by atoms with Gasteiger partial charge in [0.1, 0.15) is 5.82 Å². The first-order valence-electron chi connectivity index (χ1n) is 4.57. The maximum absolute atomic E-state index is 5.73. The normalized spacial score (nSPS) is 10.7. The predicted octanol–water partition coefficient (Wildman–Crippen LogP) is 1.25. The number of nitrogens with one attached hydrogen (secondary N) is 2. The van der Waals surface area contributed by atoms with Crippen LogP contribution in [0.1, 0.15) is 18.1 Å². The van der Waals surface area contributed by atoms with Crippen molar-refractivity contribution in [1.82, 2.24) is 20.4 Å². The van der Waals surface area contributed by atoms with Crippen molar-refractivity contribution in [2.24, 2.45) is 0 Å². The Balaban J connectivity index is 2.57. The van der Waals surface area contributed by atoms with E-state index in [9.17, 15) is 0 Å². The van der Waals surface area contributed by atoms with Gasteiger partial charge in [-0.15, -0.1) is 0 Å². The zero-order chi connectivity index (χ0) is 10.1. The van der Waals surface area contributed by atoms with Crippen LogP contribution in [0.3, 0.4) is 0 Å². The number of aromatic amines is 2. The maximum Gasteiger partial charge on any atom is 0.149 e. The lowest BCUT2D eigenvalue weighted by atomic mass is 10.1. The highest BCUT2D eigenvalue weighted by Crippen LogP contribution is 2.25. The summed E-state index contributed by atoms with van der Waals surface area (Å²) in [6, 6.07) is 0. The van der Waals surface area contributed by atoms with E-state index in [0.717, 1.165) is 28.9 Å². The standard InChI is InChI=1S/C9H13N5/c1-3-6-8(13-14-9(6)10)7-5(2)4-11-12-7/h4H,3H2,1-2H3,(H,11,12)(H3,10,13,14). The number of nitrogens with two attached hydrogens (primary N) is 1. The van der Waals surface area contributed by atoms with Gasteiger partial charge in [-0.3, -0.25) is 10.2 Å². The first kappa shape index (κ1) is 8.80. The van der Waals surface area contributed by atoms with Crippen molar-refractivity contribution in [3.05, 3.63) is 17.3 Å². The molecule has 14 heavy (non-hydrogen) atoms. The van der Waals surface area contributed by atoms with E-state index in [4.69, 9.17) is 5.73 Å². The third kappa shape index (κ3) is 1.17. The summed E-state index contributed by atoms with van der Waals surface area (Å²) in [7, 11) is 0. The molecule has 0 amide bonds. The first-order valence-corrected chi connectivity index (χ1v) is 4.57. The lowest BCUT2D eigenvalue weighted by Gasteiger charge is -1.99. The second kappa shape index (κ2) is 3.17. The summed E-state index contributed by atoms with van der Waals surface area (Å²) in [6.45, 7) is 4.05. The molecule has 0 aliphatic rings. The molecule has 0 radical (unpaired) electrons. The van der Waals surface area contributed by atoms with Crippen LogP contribution in [0.25, 0.3) is 11.4 Å². The van der Waals surface area contributed by atoms with E-state index in [2.05, 4.69) is 27.3 Å². The Morgan fingerprint density at radius 3 is 2.71 bits per heavy atom. The average molecular weight is 191 g/mol. The molecule has 0 saturated heterocycles. The zero-order valence-electron chi connectivity index (χ0n) is 8.26. The number of nitrogen functional groups attached to an aromatic ring is 1. The summed E-state index contributed by atoms with van der Waals surface area (Å²) >= 11 is 0. The van der Waals surface area contributed by atoms with Crippen LogP contribution in [0.2, 0.25) is 0 Å². The van der Waals surface area contributed by atoms with Crippen LogP contribution in [0.15, 0.2) is 6.20 Å². The Morgan fingerprint density at radius 1 is 1.36 bits per heavy atom. The number of hydrogen-bond donors (Lipinski definition) is 3. The van der Waals surface area contributed by atoms with Gasteiger partial charge >= 0.3 is 0 Å². The molecule has 74 valence electrons. The van der Waals surface area contributed by atoms with Crippen molar-refractivity contribution >= 4 is 5.82 Å². The smallest absolute Gasteiger partial charge is 0.149 e. The minimum Gasteiger partial charge on any atom is -0.382 e. The third-order valence-electron chi connectivity index (χ3n) is 2.33. The molecule has 0 unspecified atom stereocenters. The quantitative estimate of drug-likeness (QED) is 0.668. The Kier molecular flexibility index (Phi) is 1.99. The number of nitrogens with zero attached hydrogens (tertiary/aromatic N) is 2. The largest absolute Gasteiger partial charge is 0.382 e. The Bertz CT molecular complexity index is 440. The van der Waals surface area contributed by atoms with Crippen LogP contribution in [0.4, 0.5) is 5.82 Å². The number of aromatic nitrogens is 4. The first-order chi connectivity index (χ1) is 6.74. The topological polar surface area (TPSA) is 83.4 Å². The number of rotatable bonds is 2. The molecule has 5 nitrogen and oxygen atoms in total. The number of H-pyrrole nitrogens is 2. The number of hydrogen-bond acceptors (Lipinski definition) is 3. The van der Waals surface area contributed by atoms with Crippen LogP contribution >= 0.6 is 0 Å². The van der Waals surface area contributed by atoms with Crippen LogP contribution < -0.4 is 5.73 Å². The summed E-state index contributed by atoms with van der Waals surface area (Å²) in [5, 5.41) is 13.8. The maximum atomic E-state index is 5.73. The van der Waals surface area contributed by atoms with Crippen molar-refractivity contribution in [3.63, 3.8) is 0 Å². The third-order valence-corrected chi connectivity index (χ3v) is 2.33. The van der Waals surface area contributed by atoms with Gasteiger partial charge in [0.05, 0.1) is 17.6 Å². The molecule has 0 atom stereocenters.